The first-order chi connectivity index (χ1) is 5.86. The van der Waals surface area contributed by atoms with Crippen molar-refractivity contribution >= 4 is 0 Å². The molecule has 2 atom stereocenters. The maximum absolute atomic E-state index is 11.7. The fourth-order valence-electron chi connectivity index (χ4n) is 1.69. The van der Waals surface area contributed by atoms with E-state index in [9.17, 15) is 4.39 Å². The van der Waals surface area contributed by atoms with Crippen molar-refractivity contribution in [2.75, 3.05) is 19.8 Å². The van der Waals surface area contributed by atoms with E-state index in [1.807, 2.05) is 0 Å². The second-order valence-corrected chi connectivity index (χ2v) is 3.31. The molecule has 0 radical (unpaired) electrons. The second kappa shape index (κ2) is 5.49. The summed E-state index contributed by atoms with van der Waals surface area (Å²) in [7, 11) is 0. The molecule has 0 saturated carbocycles. The Hall–Kier alpha value is -0.150. The Morgan fingerprint density at radius 3 is 3.08 bits per heavy atom. The summed E-state index contributed by atoms with van der Waals surface area (Å²) < 4.78 is 17.0. The maximum Gasteiger partial charge on any atom is 0.113 e. The number of hydrogen-bond acceptors (Lipinski definition) is 2. The molecule has 1 heterocycles. The van der Waals surface area contributed by atoms with Crippen LogP contribution in [-0.2, 0) is 4.74 Å². The molecular weight excluding hydrogens is 157 g/mol. The average molecular weight is 175 g/mol. The third kappa shape index (κ3) is 3.07. The Morgan fingerprint density at radius 2 is 2.42 bits per heavy atom. The van der Waals surface area contributed by atoms with Crippen LogP contribution >= 0.6 is 0 Å². The third-order valence-corrected chi connectivity index (χ3v) is 2.25. The molecular formula is C9H18FNO. The van der Waals surface area contributed by atoms with Gasteiger partial charge in [0.2, 0.25) is 0 Å². The van der Waals surface area contributed by atoms with Crippen LogP contribution in [0.5, 0.6) is 0 Å². The van der Waals surface area contributed by atoms with Crippen molar-refractivity contribution in [2.45, 2.75) is 38.3 Å². The molecule has 1 aliphatic rings. The molecule has 1 fully saturated rings. The first-order valence-electron chi connectivity index (χ1n) is 4.77. The average Bonchev–Trinajstić information content (AvgIpc) is 2.50. The molecule has 0 amide bonds. The first kappa shape index (κ1) is 9.93. The van der Waals surface area contributed by atoms with Crippen molar-refractivity contribution in [3.05, 3.63) is 0 Å². The Labute approximate surface area is 73.5 Å². The summed E-state index contributed by atoms with van der Waals surface area (Å²) in [5.74, 6) is 0. The van der Waals surface area contributed by atoms with Crippen LogP contribution < -0.4 is 5.32 Å². The fraction of sp³-hybridized carbons (Fsp3) is 1.00. The highest BCUT2D eigenvalue weighted by molar-refractivity contribution is 4.81. The highest BCUT2D eigenvalue weighted by Gasteiger charge is 2.23. The van der Waals surface area contributed by atoms with Gasteiger partial charge >= 0.3 is 0 Å². The predicted octanol–water partition coefficient (Wildman–Crippen LogP) is 1.50. The van der Waals surface area contributed by atoms with Crippen molar-refractivity contribution < 1.29 is 9.13 Å². The van der Waals surface area contributed by atoms with E-state index < -0.39 is 0 Å². The molecule has 72 valence electrons. The molecule has 0 aromatic rings. The predicted molar refractivity (Wildman–Crippen MR) is 47.0 cm³/mol. The van der Waals surface area contributed by atoms with Crippen molar-refractivity contribution in [1.82, 2.24) is 5.32 Å². The number of rotatable bonds is 5. The monoisotopic (exact) mass is 175 g/mol. The largest absolute Gasteiger partial charge is 0.374 e. The van der Waals surface area contributed by atoms with E-state index in [0.717, 1.165) is 13.0 Å². The summed E-state index contributed by atoms with van der Waals surface area (Å²) in [5, 5.41) is 3.37. The molecule has 1 aliphatic heterocycles. The smallest absolute Gasteiger partial charge is 0.113 e. The molecule has 0 aliphatic carbocycles. The van der Waals surface area contributed by atoms with Gasteiger partial charge in [-0.3, -0.25) is 0 Å². The van der Waals surface area contributed by atoms with E-state index in [4.69, 9.17) is 4.74 Å². The van der Waals surface area contributed by atoms with E-state index >= 15 is 0 Å². The van der Waals surface area contributed by atoms with Crippen molar-refractivity contribution in [1.29, 1.82) is 0 Å². The van der Waals surface area contributed by atoms with Crippen LogP contribution in [0, 0.1) is 0 Å². The lowest BCUT2D eigenvalue weighted by atomic mass is 10.1. The van der Waals surface area contributed by atoms with Crippen LogP contribution in [0.4, 0.5) is 4.39 Å². The summed E-state index contributed by atoms with van der Waals surface area (Å²) in [6.07, 6.45) is 3.70. The fourth-order valence-corrected chi connectivity index (χ4v) is 1.69. The number of hydrogen-bond donors (Lipinski definition) is 1. The molecule has 2 nitrogen and oxygen atoms in total. The summed E-state index contributed by atoms with van der Waals surface area (Å²) in [6, 6.07) is 0.597. The van der Waals surface area contributed by atoms with Crippen molar-refractivity contribution in [3.63, 3.8) is 0 Å². The first-order valence-corrected chi connectivity index (χ1v) is 4.77. The van der Waals surface area contributed by atoms with E-state index in [-0.39, 0.29) is 19.4 Å². The van der Waals surface area contributed by atoms with Gasteiger partial charge in [0, 0.05) is 12.6 Å². The van der Waals surface area contributed by atoms with Gasteiger partial charge in [-0.1, -0.05) is 13.3 Å². The topological polar surface area (TPSA) is 21.3 Å². The zero-order valence-corrected chi connectivity index (χ0v) is 7.68. The number of ether oxygens (including phenoxy) is 1. The standard InChI is InChI=1S/C9H18FNO/c1-2-3-8-6-9(7-11-8)12-5-4-10/h8-9,11H,2-7H2,1H3/t8-,9-/m0/s1. The molecule has 12 heavy (non-hydrogen) atoms. The number of nitrogens with one attached hydrogen (secondary N) is 1. The minimum Gasteiger partial charge on any atom is -0.374 e. The molecule has 1 saturated heterocycles. The molecule has 0 aromatic heterocycles. The van der Waals surface area contributed by atoms with Crippen LogP contribution in [0.15, 0.2) is 0 Å². The van der Waals surface area contributed by atoms with E-state index in [1.54, 1.807) is 0 Å². The third-order valence-electron chi connectivity index (χ3n) is 2.25. The highest BCUT2D eigenvalue weighted by Crippen LogP contribution is 2.14. The van der Waals surface area contributed by atoms with E-state index in [2.05, 4.69) is 12.2 Å². The van der Waals surface area contributed by atoms with Gasteiger partial charge in [0.25, 0.3) is 0 Å². The summed E-state index contributed by atoms with van der Waals surface area (Å²) >= 11 is 0. The van der Waals surface area contributed by atoms with Crippen LogP contribution in [0.3, 0.4) is 0 Å². The van der Waals surface area contributed by atoms with Gasteiger partial charge in [-0.25, -0.2) is 4.39 Å². The van der Waals surface area contributed by atoms with E-state index in [0.29, 0.717) is 6.04 Å². The SMILES string of the molecule is CCC[C@H]1C[C@H](OCCF)CN1. The van der Waals surface area contributed by atoms with Crippen LogP contribution in [-0.4, -0.2) is 32.0 Å². The second-order valence-electron chi connectivity index (χ2n) is 3.31. The highest BCUT2D eigenvalue weighted by atomic mass is 19.1. The number of alkyl halides is 1. The Kier molecular flexibility index (Phi) is 4.54. The molecule has 1 rings (SSSR count). The molecule has 0 bridgehead atoms. The van der Waals surface area contributed by atoms with Crippen molar-refractivity contribution in [2.24, 2.45) is 0 Å². The summed E-state index contributed by atoms with van der Waals surface area (Å²) in [4.78, 5) is 0. The molecule has 0 aromatic carbocycles. The Morgan fingerprint density at radius 1 is 1.58 bits per heavy atom. The zero-order valence-electron chi connectivity index (χ0n) is 7.68. The quantitative estimate of drug-likeness (QED) is 0.683. The van der Waals surface area contributed by atoms with Crippen molar-refractivity contribution in [3.8, 4) is 0 Å². The summed E-state index contributed by atoms with van der Waals surface area (Å²) in [5.41, 5.74) is 0. The lowest BCUT2D eigenvalue weighted by Gasteiger charge is -2.09. The Bertz CT molecular complexity index is 121. The maximum atomic E-state index is 11.7. The van der Waals surface area contributed by atoms with Crippen LogP contribution in [0.25, 0.3) is 0 Å². The number of halogens is 1. The molecule has 0 spiro atoms. The minimum atomic E-state index is -0.366. The van der Waals surface area contributed by atoms with Gasteiger partial charge in [0.1, 0.15) is 6.67 Å². The van der Waals surface area contributed by atoms with Crippen LogP contribution in [0.2, 0.25) is 0 Å². The minimum absolute atomic E-state index is 0.247. The van der Waals surface area contributed by atoms with E-state index in [1.165, 1.54) is 12.8 Å². The normalized spacial score (nSPS) is 29.5. The van der Waals surface area contributed by atoms with Gasteiger partial charge in [0.15, 0.2) is 0 Å². The van der Waals surface area contributed by atoms with Crippen LogP contribution in [0.1, 0.15) is 26.2 Å². The lowest BCUT2D eigenvalue weighted by Crippen LogP contribution is -2.21. The zero-order chi connectivity index (χ0) is 8.81. The summed E-state index contributed by atoms with van der Waals surface area (Å²) in [6.45, 7) is 2.96. The van der Waals surface area contributed by atoms with Gasteiger partial charge in [-0.2, -0.15) is 0 Å². The molecule has 0 unspecified atom stereocenters. The van der Waals surface area contributed by atoms with Gasteiger partial charge in [-0.05, 0) is 12.8 Å². The van der Waals surface area contributed by atoms with Gasteiger partial charge in [0.05, 0.1) is 12.7 Å². The lowest BCUT2D eigenvalue weighted by molar-refractivity contribution is 0.0556. The molecule has 1 N–H and O–H groups in total. The van der Waals surface area contributed by atoms with Gasteiger partial charge < -0.3 is 10.1 Å². The Balaban J connectivity index is 2.08. The van der Waals surface area contributed by atoms with Gasteiger partial charge in [-0.15, -0.1) is 0 Å². The molecule has 3 heteroatoms.